The average Bonchev–Trinajstić information content (AvgIpc) is 3.70. The Bertz CT molecular complexity index is 1340. The van der Waals surface area contributed by atoms with Crippen LogP contribution in [0.5, 0.6) is 5.75 Å². The van der Waals surface area contributed by atoms with Gasteiger partial charge in [0, 0.05) is 54.2 Å². The molecule has 0 radical (unpaired) electrons. The Balaban J connectivity index is 1.70. The van der Waals surface area contributed by atoms with Gasteiger partial charge < -0.3 is 20.2 Å². The molecule has 1 saturated heterocycles. The van der Waals surface area contributed by atoms with Gasteiger partial charge in [0.25, 0.3) is 0 Å². The van der Waals surface area contributed by atoms with Gasteiger partial charge in [-0.3, -0.25) is 9.78 Å². The molecular weight excluding hydrogens is 493 g/mol. The lowest BCUT2D eigenvalue weighted by atomic mass is 9.99. The van der Waals surface area contributed by atoms with Crippen molar-refractivity contribution in [3.05, 3.63) is 70.8 Å². The van der Waals surface area contributed by atoms with Gasteiger partial charge in [-0.2, -0.15) is 0 Å². The Morgan fingerprint density at radius 1 is 1.27 bits per heavy atom. The SMILES string of the molecule is CC1CN(C)CCN1/C(=N/c1ccncc1C1CC1)c1cc(Cl)c(-c2c(O)cccc2F)cc1NC=O. The summed E-state index contributed by atoms with van der Waals surface area (Å²) in [4.78, 5) is 25.6. The molecule has 1 aliphatic carbocycles. The van der Waals surface area contributed by atoms with Crippen LogP contribution >= 0.6 is 11.6 Å². The maximum Gasteiger partial charge on any atom is 0.211 e. The summed E-state index contributed by atoms with van der Waals surface area (Å²) in [7, 11) is 2.09. The number of aromatic hydroxyl groups is 1. The number of likely N-dealkylation sites (N-methyl/N-ethyl adjacent to an activating group) is 1. The molecule has 5 rings (SSSR count). The quantitative estimate of drug-likeness (QED) is 0.258. The van der Waals surface area contributed by atoms with Gasteiger partial charge in [0.15, 0.2) is 0 Å². The summed E-state index contributed by atoms with van der Waals surface area (Å²) < 4.78 is 14.7. The highest BCUT2D eigenvalue weighted by Gasteiger charge is 2.30. The number of nitrogens with one attached hydrogen (secondary N) is 1. The van der Waals surface area contributed by atoms with Crippen molar-refractivity contribution in [2.75, 3.05) is 32.0 Å². The number of phenolic OH excluding ortho intramolecular Hbond substituents is 1. The topological polar surface area (TPSA) is 81.1 Å². The number of nitrogens with zero attached hydrogens (tertiary/aromatic N) is 4. The van der Waals surface area contributed by atoms with Crippen molar-refractivity contribution in [1.82, 2.24) is 14.8 Å². The van der Waals surface area contributed by atoms with E-state index in [1.54, 1.807) is 18.3 Å². The molecule has 1 unspecified atom stereocenters. The van der Waals surface area contributed by atoms with Gasteiger partial charge in [-0.15, -0.1) is 0 Å². The van der Waals surface area contributed by atoms with Crippen LogP contribution in [0.15, 0.2) is 53.8 Å². The van der Waals surface area contributed by atoms with Gasteiger partial charge in [-0.05, 0) is 68.6 Å². The van der Waals surface area contributed by atoms with Crippen LogP contribution in [0.25, 0.3) is 11.1 Å². The van der Waals surface area contributed by atoms with Gasteiger partial charge in [0.05, 0.1) is 16.9 Å². The highest BCUT2D eigenvalue weighted by molar-refractivity contribution is 6.34. The van der Waals surface area contributed by atoms with Crippen molar-refractivity contribution in [1.29, 1.82) is 0 Å². The molecule has 2 fully saturated rings. The monoisotopic (exact) mass is 521 g/mol. The minimum atomic E-state index is -0.612. The number of hydrogen-bond donors (Lipinski definition) is 2. The normalized spacial score (nSPS) is 18.6. The van der Waals surface area contributed by atoms with Crippen LogP contribution in [0.1, 0.15) is 36.8 Å². The van der Waals surface area contributed by atoms with Crippen LogP contribution in [0.3, 0.4) is 0 Å². The number of rotatable bonds is 6. The fourth-order valence-electron chi connectivity index (χ4n) is 4.97. The number of aliphatic imine (C=N–C) groups is 1. The summed E-state index contributed by atoms with van der Waals surface area (Å²) in [5, 5.41) is 13.4. The number of anilines is 1. The Labute approximate surface area is 220 Å². The second kappa shape index (κ2) is 10.5. The number of carbonyl (C=O) groups excluding carboxylic acids is 1. The van der Waals surface area contributed by atoms with E-state index in [1.807, 2.05) is 12.3 Å². The lowest BCUT2D eigenvalue weighted by molar-refractivity contribution is -0.105. The highest BCUT2D eigenvalue weighted by atomic mass is 35.5. The van der Waals surface area contributed by atoms with E-state index in [0.717, 1.165) is 43.7 Å². The molecule has 7 nitrogen and oxygen atoms in total. The Kier molecular flexibility index (Phi) is 7.13. The zero-order valence-corrected chi connectivity index (χ0v) is 21.5. The minimum Gasteiger partial charge on any atom is -0.507 e. The zero-order valence-electron chi connectivity index (χ0n) is 20.8. The number of amidine groups is 1. The molecule has 3 aromatic rings. The van der Waals surface area contributed by atoms with E-state index in [-0.39, 0.29) is 27.9 Å². The van der Waals surface area contributed by atoms with Crippen LogP contribution in [-0.2, 0) is 4.79 Å². The highest BCUT2D eigenvalue weighted by Crippen LogP contribution is 2.44. The second-order valence-corrected chi connectivity index (χ2v) is 10.1. The third-order valence-corrected chi connectivity index (χ3v) is 7.31. The molecule has 2 aliphatic rings. The maximum absolute atomic E-state index is 14.7. The first-order valence-corrected chi connectivity index (χ1v) is 12.7. The van der Waals surface area contributed by atoms with E-state index in [4.69, 9.17) is 16.6 Å². The number of carbonyl (C=O) groups is 1. The molecule has 1 aromatic heterocycles. The molecule has 192 valence electrons. The molecule has 1 atom stereocenters. The minimum absolute atomic E-state index is 0.0235. The number of phenols is 1. The van der Waals surface area contributed by atoms with Crippen LogP contribution in [0.4, 0.5) is 15.8 Å². The molecule has 9 heteroatoms. The van der Waals surface area contributed by atoms with Crippen molar-refractivity contribution >= 4 is 35.2 Å². The van der Waals surface area contributed by atoms with Gasteiger partial charge in [0.2, 0.25) is 6.41 Å². The molecule has 1 saturated carbocycles. The lowest BCUT2D eigenvalue weighted by Gasteiger charge is -2.40. The Morgan fingerprint density at radius 3 is 2.78 bits per heavy atom. The maximum atomic E-state index is 14.7. The van der Waals surface area contributed by atoms with E-state index >= 15 is 0 Å². The fourth-order valence-corrected chi connectivity index (χ4v) is 5.23. The van der Waals surface area contributed by atoms with E-state index < -0.39 is 5.82 Å². The number of pyridine rings is 1. The van der Waals surface area contributed by atoms with E-state index in [0.29, 0.717) is 29.4 Å². The molecule has 0 spiro atoms. The van der Waals surface area contributed by atoms with Gasteiger partial charge in [-0.1, -0.05) is 17.7 Å². The summed E-state index contributed by atoms with van der Waals surface area (Å²) >= 11 is 6.73. The summed E-state index contributed by atoms with van der Waals surface area (Å²) in [5.41, 5.74) is 3.23. The largest absolute Gasteiger partial charge is 0.507 e. The molecule has 1 amide bonds. The van der Waals surface area contributed by atoms with Crippen molar-refractivity contribution in [2.45, 2.75) is 31.7 Å². The summed E-state index contributed by atoms with van der Waals surface area (Å²) in [5.74, 6) is 0.267. The molecular formula is C28H29ClFN5O2. The molecule has 1 aliphatic heterocycles. The molecule has 37 heavy (non-hydrogen) atoms. The van der Waals surface area contributed by atoms with Crippen molar-refractivity contribution in [3.63, 3.8) is 0 Å². The smallest absolute Gasteiger partial charge is 0.211 e. The summed E-state index contributed by atoms with van der Waals surface area (Å²) in [6.45, 7) is 4.56. The van der Waals surface area contributed by atoms with E-state index in [2.05, 4.69) is 34.1 Å². The number of hydrogen-bond acceptors (Lipinski definition) is 5. The molecule has 2 N–H and O–H groups in total. The predicted octanol–water partition coefficient (Wildman–Crippen LogP) is 5.41. The van der Waals surface area contributed by atoms with Crippen LogP contribution in [0, 0.1) is 5.82 Å². The van der Waals surface area contributed by atoms with Crippen LogP contribution in [0.2, 0.25) is 5.02 Å². The number of halogens is 2. The number of benzene rings is 2. The zero-order chi connectivity index (χ0) is 26.1. The van der Waals surface area contributed by atoms with Crippen LogP contribution < -0.4 is 5.32 Å². The Hall–Kier alpha value is -3.49. The first-order chi connectivity index (χ1) is 17.9. The summed E-state index contributed by atoms with van der Waals surface area (Å²) in [6, 6.07) is 9.42. The van der Waals surface area contributed by atoms with Crippen molar-refractivity contribution in [2.24, 2.45) is 4.99 Å². The summed E-state index contributed by atoms with van der Waals surface area (Å²) in [6.07, 6.45) is 6.41. The number of piperazine rings is 1. The van der Waals surface area contributed by atoms with E-state index in [9.17, 15) is 14.3 Å². The third-order valence-electron chi connectivity index (χ3n) is 7.00. The van der Waals surface area contributed by atoms with Crippen LogP contribution in [-0.4, -0.2) is 64.9 Å². The third kappa shape index (κ3) is 5.17. The Morgan fingerprint density at radius 2 is 2.08 bits per heavy atom. The van der Waals surface area contributed by atoms with Gasteiger partial charge in [0.1, 0.15) is 17.4 Å². The standard InChI is InChI=1S/C28H29ClFN5O2/c1-17-15-34(2)10-11-35(17)28(33-24-8-9-31-14-21(24)18-6-7-18)20-12-22(29)19(13-25(20)32-16-36)27-23(30)4-3-5-26(27)37/h3-5,8-9,12-14,16-18,37H,6-7,10-11,15H2,1-2H3,(H,32,36)/b33-28+. The second-order valence-electron chi connectivity index (χ2n) is 9.72. The van der Waals surface area contributed by atoms with E-state index in [1.165, 1.54) is 18.2 Å². The van der Waals surface area contributed by atoms with Crippen molar-refractivity contribution in [3.8, 4) is 16.9 Å². The van der Waals surface area contributed by atoms with Crippen molar-refractivity contribution < 1.29 is 14.3 Å². The molecule has 2 aromatic carbocycles. The number of aromatic nitrogens is 1. The lowest BCUT2D eigenvalue weighted by Crippen LogP contribution is -2.53. The molecule has 0 bridgehead atoms. The first-order valence-electron chi connectivity index (χ1n) is 12.4. The number of amides is 1. The fraction of sp³-hybridized carbons (Fsp3) is 0.321. The van der Waals surface area contributed by atoms with Gasteiger partial charge >= 0.3 is 0 Å². The van der Waals surface area contributed by atoms with Gasteiger partial charge in [-0.25, -0.2) is 9.38 Å². The first kappa shape index (κ1) is 25.2. The molecule has 2 heterocycles. The average molecular weight is 522 g/mol. The predicted molar refractivity (Wildman–Crippen MR) is 144 cm³/mol.